The van der Waals surface area contributed by atoms with Crippen LogP contribution in [-0.2, 0) is 0 Å². The number of nitriles is 1. The summed E-state index contributed by atoms with van der Waals surface area (Å²) in [4.78, 5) is 0. The first-order valence-electron chi connectivity index (χ1n) is 5.90. The van der Waals surface area contributed by atoms with Crippen LogP contribution in [0.25, 0.3) is 0 Å². The lowest BCUT2D eigenvalue weighted by molar-refractivity contribution is 0.205. The molecule has 2 aromatic rings. The first-order valence-corrected chi connectivity index (χ1v) is 5.90. The van der Waals surface area contributed by atoms with E-state index in [0.29, 0.717) is 11.3 Å². The third kappa shape index (κ3) is 3.45. The first-order chi connectivity index (χ1) is 9.70. The largest absolute Gasteiger partial charge is 0.490 e. The molecule has 3 nitrogen and oxygen atoms in total. The molecular formula is C15H11F2NO2. The molecule has 20 heavy (non-hydrogen) atoms. The molecule has 102 valence electrons. The highest BCUT2D eigenvalue weighted by Crippen LogP contribution is 2.20. The number of para-hydroxylation sites is 1. The first kappa shape index (κ1) is 13.8. The standard InChI is InChI=1S/C15H11F2NO2/c16-13-5-2-6-14(17)15(13)20-8-7-19-12-4-1-3-11(9-12)10-18/h1-6,9H,7-8H2. The fraction of sp³-hybridized carbons (Fsp3) is 0.133. The molecule has 0 atom stereocenters. The zero-order valence-electron chi connectivity index (χ0n) is 10.5. The molecule has 0 heterocycles. The van der Waals surface area contributed by atoms with E-state index in [1.165, 1.54) is 6.07 Å². The van der Waals surface area contributed by atoms with Gasteiger partial charge < -0.3 is 9.47 Å². The van der Waals surface area contributed by atoms with Gasteiger partial charge in [0.05, 0.1) is 11.6 Å². The van der Waals surface area contributed by atoms with Crippen LogP contribution in [0.2, 0.25) is 0 Å². The molecule has 0 amide bonds. The highest BCUT2D eigenvalue weighted by Gasteiger charge is 2.09. The minimum atomic E-state index is -0.753. The van der Waals surface area contributed by atoms with E-state index < -0.39 is 17.4 Å². The Hall–Kier alpha value is -2.61. The van der Waals surface area contributed by atoms with Crippen molar-refractivity contribution >= 4 is 0 Å². The molecule has 5 heteroatoms. The molecule has 0 radical (unpaired) electrons. The van der Waals surface area contributed by atoms with E-state index in [4.69, 9.17) is 14.7 Å². The summed E-state index contributed by atoms with van der Waals surface area (Å²) in [5, 5.41) is 8.73. The van der Waals surface area contributed by atoms with Gasteiger partial charge in [-0.15, -0.1) is 0 Å². The molecule has 2 aromatic carbocycles. The Bertz CT molecular complexity index is 618. The van der Waals surface area contributed by atoms with Gasteiger partial charge in [-0.3, -0.25) is 0 Å². The molecule has 0 aliphatic rings. The van der Waals surface area contributed by atoms with Crippen molar-refractivity contribution in [1.82, 2.24) is 0 Å². The van der Waals surface area contributed by atoms with E-state index in [-0.39, 0.29) is 13.2 Å². The predicted octanol–water partition coefficient (Wildman–Crippen LogP) is 3.29. The lowest BCUT2D eigenvalue weighted by Crippen LogP contribution is -2.10. The van der Waals surface area contributed by atoms with Crippen LogP contribution in [0.5, 0.6) is 11.5 Å². The van der Waals surface area contributed by atoms with Crippen LogP contribution >= 0.6 is 0 Å². The summed E-state index contributed by atoms with van der Waals surface area (Å²) in [5.74, 6) is -1.42. The van der Waals surface area contributed by atoms with E-state index in [1.807, 2.05) is 6.07 Å². The Morgan fingerprint density at radius 1 is 0.950 bits per heavy atom. The summed E-state index contributed by atoms with van der Waals surface area (Å²) in [6.45, 7) is 0.108. The van der Waals surface area contributed by atoms with Crippen LogP contribution in [0.4, 0.5) is 8.78 Å². The second kappa shape index (κ2) is 6.53. The van der Waals surface area contributed by atoms with E-state index in [1.54, 1.807) is 24.3 Å². The Labute approximate surface area is 115 Å². The molecule has 0 saturated heterocycles. The van der Waals surface area contributed by atoms with Crippen LogP contribution in [0.1, 0.15) is 5.56 Å². The Morgan fingerprint density at radius 2 is 1.60 bits per heavy atom. The molecule has 0 aromatic heterocycles. The van der Waals surface area contributed by atoms with Crippen molar-refractivity contribution in [2.45, 2.75) is 0 Å². The fourth-order valence-electron chi connectivity index (χ4n) is 1.58. The zero-order valence-corrected chi connectivity index (χ0v) is 10.5. The number of halogens is 2. The van der Waals surface area contributed by atoms with E-state index in [9.17, 15) is 8.78 Å². The molecule has 0 saturated carbocycles. The molecule has 0 aliphatic carbocycles. The smallest absolute Gasteiger partial charge is 0.190 e. The molecule has 0 bridgehead atoms. The minimum absolute atomic E-state index is 0.00532. The quantitative estimate of drug-likeness (QED) is 0.786. The van der Waals surface area contributed by atoms with Crippen molar-refractivity contribution in [2.75, 3.05) is 13.2 Å². The van der Waals surface area contributed by atoms with Gasteiger partial charge in [0.15, 0.2) is 17.4 Å². The lowest BCUT2D eigenvalue weighted by Gasteiger charge is -2.09. The lowest BCUT2D eigenvalue weighted by atomic mass is 10.2. The summed E-state index contributed by atoms with van der Waals surface area (Å²) in [5.41, 5.74) is 0.476. The topological polar surface area (TPSA) is 42.2 Å². The van der Waals surface area contributed by atoms with Gasteiger partial charge in [0.1, 0.15) is 19.0 Å². The third-order valence-corrected chi connectivity index (χ3v) is 2.48. The Kier molecular flexibility index (Phi) is 4.51. The molecule has 2 rings (SSSR count). The molecule has 0 aliphatic heterocycles. The number of hydrogen-bond acceptors (Lipinski definition) is 3. The van der Waals surface area contributed by atoms with Crippen molar-refractivity contribution in [1.29, 1.82) is 5.26 Å². The van der Waals surface area contributed by atoms with Crippen LogP contribution in [0.15, 0.2) is 42.5 Å². The Balaban J connectivity index is 1.86. The SMILES string of the molecule is N#Cc1cccc(OCCOc2c(F)cccc2F)c1. The summed E-state index contributed by atoms with van der Waals surface area (Å²) in [7, 11) is 0. The molecular weight excluding hydrogens is 264 g/mol. The average Bonchev–Trinajstić information content (AvgIpc) is 2.46. The summed E-state index contributed by atoms with van der Waals surface area (Å²) in [6.07, 6.45) is 0. The maximum Gasteiger partial charge on any atom is 0.190 e. The van der Waals surface area contributed by atoms with Crippen LogP contribution in [-0.4, -0.2) is 13.2 Å². The number of nitrogens with zero attached hydrogens (tertiary/aromatic N) is 1. The van der Waals surface area contributed by atoms with Crippen LogP contribution in [0, 0.1) is 23.0 Å². The van der Waals surface area contributed by atoms with E-state index in [2.05, 4.69) is 0 Å². The highest BCUT2D eigenvalue weighted by molar-refractivity contribution is 5.36. The molecule has 0 N–H and O–H groups in total. The fourth-order valence-corrected chi connectivity index (χ4v) is 1.58. The minimum Gasteiger partial charge on any atom is -0.490 e. The van der Waals surface area contributed by atoms with Gasteiger partial charge in [-0.1, -0.05) is 12.1 Å². The van der Waals surface area contributed by atoms with E-state index in [0.717, 1.165) is 12.1 Å². The van der Waals surface area contributed by atoms with E-state index >= 15 is 0 Å². The molecule has 0 unspecified atom stereocenters. The predicted molar refractivity (Wildman–Crippen MR) is 68.5 cm³/mol. The molecule has 0 fully saturated rings. The maximum atomic E-state index is 13.3. The van der Waals surface area contributed by atoms with Crippen molar-refractivity contribution in [3.05, 3.63) is 59.7 Å². The van der Waals surface area contributed by atoms with Crippen molar-refractivity contribution in [3.8, 4) is 17.6 Å². The summed E-state index contributed by atoms with van der Waals surface area (Å²) < 4.78 is 36.8. The van der Waals surface area contributed by atoms with Crippen molar-refractivity contribution in [3.63, 3.8) is 0 Å². The summed E-state index contributed by atoms with van der Waals surface area (Å²) >= 11 is 0. The zero-order chi connectivity index (χ0) is 14.4. The maximum absolute atomic E-state index is 13.3. The van der Waals surface area contributed by atoms with Crippen molar-refractivity contribution < 1.29 is 18.3 Å². The van der Waals surface area contributed by atoms with Gasteiger partial charge in [0, 0.05) is 0 Å². The van der Waals surface area contributed by atoms with Gasteiger partial charge in [0.2, 0.25) is 0 Å². The number of rotatable bonds is 5. The average molecular weight is 275 g/mol. The number of hydrogen-bond donors (Lipinski definition) is 0. The normalized spacial score (nSPS) is 9.85. The van der Waals surface area contributed by atoms with Crippen LogP contribution in [0.3, 0.4) is 0 Å². The number of benzene rings is 2. The number of ether oxygens (including phenoxy) is 2. The van der Waals surface area contributed by atoms with Gasteiger partial charge in [-0.25, -0.2) is 8.78 Å². The van der Waals surface area contributed by atoms with Gasteiger partial charge in [-0.2, -0.15) is 5.26 Å². The van der Waals surface area contributed by atoms with Gasteiger partial charge in [-0.05, 0) is 30.3 Å². The van der Waals surface area contributed by atoms with Gasteiger partial charge in [0.25, 0.3) is 0 Å². The van der Waals surface area contributed by atoms with Gasteiger partial charge >= 0.3 is 0 Å². The highest BCUT2D eigenvalue weighted by atomic mass is 19.1. The van der Waals surface area contributed by atoms with Crippen LogP contribution < -0.4 is 9.47 Å². The second-order valence-corrected chi connectivity index (χ2v) is 3.89. The third-order valence-electron chi connectivity index (χ3n) is 2.48. The summed E-state index contributed by atoms with van der Waals surface area (Å²) in [6, 6.07) is 12.1. The van der Waals surface area contributed by atoms with Crippen molar-refractivity contribution in [2.24, 2.45) is 0 Å². The monoisotopic (exact) mass is 275 g/mol. The molecule has 0 spiro atoms. The second-order valence-electron chi connectivity index (χ2n) is 3.89. The Morgan fingerprint density at radius 3 is 2.30 bits per heavy atom.